The Kier molecular flexibility index (Phi) is 5.31. The van der Waals surface area contributed by atoms with E-state index in [0.29, 0.717) is 6.42 Å². The van der Waals surface area contributed by atoms with E-state index in [0.717, 1.165) is 29.8 Å². The summed E-state index contributed by atoms with van der Waals surface area (Å²) in [5, 5.41) is 11.7. The van der Waals surface area contributed by atoms with E-state index in [-0.39, 0.29) is 17.8 Å². The zero-order chi connectivity index (χ0) is 13.5. The molecule has 19 heavy (non-hydrogen) atoms. The van der Waals surface area contributed by atoms with Crippen LogP contribution in [0.4, 0.5) is 5.69 Å². The third-order valence-corrected chi connectivity index (χ3v) is 4.22. The van der Waals surface area contributed by atoms with E-state index in [2.05, 4.69) is 17.2 Å². The summed E-state index contributed by atoms with van der Waals surface area (Å²) in [6.07, 6.45) is 2.58. The predicted octanol–water partition coefficient (Wildman–Crippen LogP) is 2.25. The molecule has 2 rings (SSSR count). The summed E-state index contributed by atoms with van der Waals surface area (Å²) < 4.78 is 0. The number of carbonyl (C=O) groups excluding carboxylic acids is 1. The van der Waals surface area contributed by atoms with Crippen molar-refractivity contribution in [2.24, 2.45) is 0 Å². The summed E-state index contributed by atoms with van der Waals surface area (Å²) in [4.78, 5) is 11.9. The Balaban J connectivity index is 1.91. The molecule has 0 spiro atoms. The number of amides is 1. The number of thioether (sulfide) groups is 1. The lowest BCUT2D eigenvalue weighted by Gasteiger charge is -2.09. The standard InChI is InChI=1S/C15H17NO2S/c17-10-2-1-4-12-6-8-13(9-7-12)16-15(18)14-5-3-11-19-14/h6-9,14,17H,2-3,5,10-11H2,(H,16,18). The maximum absolute atomic E-state index is 11.9. The zero-order valence-electron chi connectivity index (χ0n) is 10.7. The first-order valence-corrected chi connectivity index (χ1v) is 7.47. The van der Waals surface area contributed by atoms with E-state index in [4.69, 9.17) is 5.11 Å². The molecule has 0 aromatic heterocycles. The molecule has 0 saturated carbocycles. The van der Waals surface area contributed by atoms with Crippen LogP contribution in [0.15, 0.2) is 24.3 Å². The van der Waals surface area contributed by atoms with Gasteiger partial charge in [0, 0.05) is 17.7 Å². The molecule has 1 aromatic carbocycles. The molecule has 4 heteroatoms. The van der Waals surface area contributed by atoms with Crippen LogP contribution in [0.5, 0.6) is 0 Å². The minimum absolute atomic E-state index is 0.0835. The average molecular weight is 275 g/mol. The first-order valence-electron chi connectivity index (χ1n) is 6.42. The highest BCUT2D eigenvalue weighted by Crippen LogP contribution is 2.27. The van der Waals surface area contributed by atoms with Gasteiger partial charge >= 0.3 is 0 Å². The van der Waals surface area contributed by atoms with Crippen LogP contribution in [-0.4, -0.2) is 28.6 Å². The third kappa shape index (κ3) is 4.30. The van der Waals surface area contributed by atoms with Crippen molar-refractivity contribution in [2.45, 2.75) is 24.5 Å². The first-order chi connectivity index (χ1) is 9.29. The Morgan fingerprint density at radius 3 is 2.84 bits per heavy atom. The predicted molar refractivity (Wildman–Crippen MR) is 79.1 cm³/mol. The Labute approximate surface area is 117 Å². The van der Waals surface area contributed by atoms with Gasteiger partial charge in [-0.15, -0.1) is 11.8 Å². The van der Waals surface area contributed by atoms with E-state index in [1.807, 2.05) is 24.3 Å². The van der Waals surface area contributed by atoms with Crippen molar-refractivity contribution < 1.29 is 9.90 Å². The first kappa shape index (κ1) is 14.0. The molecular formula is C15H17NO2S. The smallest absolute Gasteiger partial charge is 0.237 e. The maximum Gasteiger partial charge on any atom is 0.237 e. The molecule has 3 nitrogen and oxygen atoms in total. The molecule has 2 N–H and O–H groups in total. The van der Waals surface area contributed by atoms with E-state index in [1.54, 1.807) is 11.8 Å². The van der Waals surface area contributed by atoms with E-state index in [9.17, 15) is 4.79 Å². The minimum Gasteiger partial charge on any atom is -0.395 e. The van der Waals surface area contributed by atoms with Gasteiger partial charge in [-0.2, -0.15) is 0 Å². The molecule has 1 aliphatic rings. The third-order valence-electron chi connectivity index (χ3n) is 2.84. The van der Waals surface area contributed by atoms with Gasteiger partial charge in [0.05, 0.1) is 11.9 Å². The van der Waals surface area contributed by atoms with Crippen LogP contribution in [0, 0.1) is 11.8 Å². The molecule has 1 aromatic rings. The van der Waals surface area contributed by atoms with Gasteiger partial charge < -0.3 is 10.4 Å². The molecule has 1 amide bonds. The van der Waals surface area contributed by atoms with E-state index >= 15 is 0 Å². The number of benzene rings is 1. The highest BCUT2D eigenvalue weighted by Gasteiger charge is 2.23. The Bertz CT molecular complexity index is 481. The van der Waals surface area contributed by atoms with Crippen LogP contribution in [0.1, 0.15) is 24.8 Å². The lowest BCUT2D eigenvalue weighted by atomic mass is 10.2. The van der Waals surface area contributed by atoms with Crippen molar-refractivity contribution in [3.05, 3.63) is 29.8 Å². The van der Waals surface area contributed by atoms with E-state index in [1.165, 1.54) is 0 Å². The number of hydrogen-bond acceptors (Lipinski definition) is 3. The Morgan fingerprint density at radius 1 is 1.42 bits per heavy atom. The fraction of sp³-hybridized carbons (Fsp3) is 0.400. The van der Waals surface area contributed by atoms with E-state index < -0.39 is 0 Å². The SMILES string of the molecule is O=C(Nc1ccc(C#CCCO)cc1)C1CCCS1. The number of carbonyl (C=O) groups is 1. The molecular weight excluding hydrogens is 258 g/mol. The summed E-state index contributed by atoms with van der Waals surface area (Å²) in [5.41, 5.74) is 1.70. The number of hydrogen-bond donors (Lipinski definition) is 2. The largest absolute Gasteiger partial charge is 0.395 e. The van der Waals surface area contributed by atoms with Crippen LogP contribution >= 0.6 is 11.8 Å². The molecule has 100 valence electrons. The summed E-state index contributed by atoms with van der Waals surface area (Å²) in [6, 6.07) is 7.48. The Morgan fingerprint density at radius 2 is 2.21 bits per heavy atom. The topological polar surface area (TPSA) is 49.3 Å². The van der Waals surface area contributed by atoms with Gasteiger partial charge in [-0.1, -0.05) is 11.8 Å². The van der Waals surface area contributed by atoms with Gasteiger partial charge in [0.25, 0.3) is 0 Å². The lowest BCUT2D eigenvalue weighted by Crippen LogP contribution is -2.22. The molecule has 1 atom stereocenters. The molecule has 0 bridgehead atoms. The second-order valence-corrected chi connectivity index (χ2v) is 5.65. The second-order valence-electron chi connectivity index (χ2n) is 4.34. The van der Waals surface area contributed by atoms with Gasteiger partial charge in [0.15, 0.2) is 0 Å². The van der Waals surface area contributed by atoms with Crippen LogP contribution < -0.4 is 5.32 Å². The van der Waals surface area contributed by atoms with Crippen LogP contribution in [-0.2, 0) is 4.79 Å². The second kappa shape index (κ2) is 7.22. The van der Waals surface area contributed by atoms with Gasteiger partial charge in [-0.25, -0.2) is 0 Å². The van der Waals surface area contributed by atoms with Crippen molar-refractivity contribution in [2.75, 3.05) is 17.7 Å². The summed E-state index contributed by atoms with van der Waals surface area (Å²) in [6.45, 7) is 0.0835. The highest BCUT2D eigenvalue weighted by molar-refractivity contribution is 8.00. The van der Waals surface area contributed by atoms with Crippen LogP contribution in [0.2, 0.25) is 0 Å². The van der Waals surface area contributed by atoms with Crippen molar-refractivity contribution in [3.8, 4) is 11.8 Å². The summed E-state index contributed by atoms with van der Waals surface area (Å²) >= 11 is 1.73. The summed E-state index contributed by atoms with van der Waals surface area (Å²) in [5.74, 6) is 7.00. The average Bonchev–Trinajstić information content (AvgIpc) is 2.95. The number of aliphatic hydroxyl groups excluding tert-OH is 1. The molecule has 1 fully saturated rings. The van der Waals surface area contributed by atoms with Crippen LogP contribution in [0.25, 0.3) is 0 Å². The molecule has 0 radical (unpaired) electrons. The molecule has 1 unspecified atom stereocenters. The quantitative estimate of drug-likeness (QED) is 0.832. The fourth-order valence-electron chi connectivity index (χ4n) is 1.86. The van der Waals surface area contributed by atoms with Crippen molar-refractivity contribution in [3.63, 3.8) is 0 Å². The fourth-order valence-corrected chi connectivity index (χ4v) is 3.03. The molecule has 0 aliphatic carbocycles. The molecule has 1 heterocycles. The number of rotatable bonds is 3. The van der Waals surface area contributed by atoms with Crippen LogP contribution in [0.3, 0.4) is 0 Å². The van der Waals surface area contributed by atoms with Gasteiger partial charge in [0.1, 0.15) is 0 Å². The highest BCUT2D eigenvalue weighted by atomic mass is 32.2. The monoisotopic (exact) mass is 275 g/mol. The number of aliphatic hydroxyl groups is 1. The van der Waals surface area contributed by atoms with Gasteiger partial charge in [-0.3, -0.25) is 4.79 Å². The van der Waals surface area contributed by atoms with Crippen molar-refractivity contribution in [1.29, 1.82) is 0 Å². The number of nitrogens with one attached hydrogen (secondary N) is 1. The van der Waals surface area contributed by atoms with Crippen molar-refractivity contribution in [1.82, 2.24) is 0 Å². The van der Waals surface area contributed by atoms with Gasteiger partial charge in [-0.05, 0) is 42.9 Å². The minimum atomic E-state index is 0.0835. The lowest BCUT2D eigenvalue weighted by molar-refractivity contribution is -0.115. The Hall–Kier alpha value is -1.44. The maximum atomic E-state index is 11.9. The normalized spacial score (nSPS) is 17.6. The molecule has 1 aliphatic heterocycles. The zero-order valence-corrected chi connectivity index (χ0v) is 11.5. The number of anilines is 1. The molecule has 1 saturated heterocycles. The summed E-state index contributed by atoms with van der Waals surface area (Å²) in [7, 11) is 0. The van der Waals surface area contributed by atoms with Crippen molar-refractivity contribution >= 4 is 23.4 Å². The van der Waals surface area contributed by atoms with Gasteiger partial charge in [0.2, 0.25) is 5.91 Å².